The molecule has 0 saturated heterocycles. The predicted octanol–water partition coefficient (Wildman–Crippen LogP) is 4.38. The summed E-state index contributed by atoms with van der Waals surface area (Å²) in [7, 11) is 0. The molecule has 0 saturated carbocycles. The third kappa shape index (κ3) is 3.36. The van der Waals surface area contributed by atoms with Crippen LogP contribution in [0.4, 0.5) is 0 Å². The van der Waals surface area contributed by atoms with E-state index < -0.39 is 0 Å². The predicted molar refractivity (Wildman–Crippen MR) is 90.3 cm³/mol. The van der Waals surface area contributed by atoms with Crippen LogP contribution in [0.2, 0.25) is 0 Å². The van der Waals surface area contributed by atoms with Crippen LogP contribution in [0, 0.1) is 11.3 Å². The van der Waals surface area contributed by atoms with E-state index >= 15 is 0 Å². The van der Waals surface area contributed by atoms with E-state index in [2.05, 4.69) is 18.2 Å². The lowest BCUT2D eigenvalue weighted by molar-refractivity contribution is 0.103. The van der Waals surface area contributed by atoms with E-state index in [-0.39, 0.29) is 5.78 Å². The van der Waals surface area contributed by atoms with E-state index in [1.54, 1.807) is 24.3 Å². The average molecular weight is 297 g/mol. The molecule has 3 aromatic carbocycles. The molecule has 0 fully saturated rings. The van der Waals surface area contributed by atoms with Crippen molar-refractivity contribution in [3.63, 3.8) is 0 Å². The largest absolute Gasteiger partial charge is 0.289 e. The summed E-state index contributed by atoms with van der Waals surface area (Å²) in [5.41, 5.74) is 3.89. The van der Waals surface area contributed by atoms with Crippen LogP contribution in [0.15, 0.2) is 78.9 Å². The van der Waals surface area contributed by atoms with Crippen molar-refractivity contribution in [2.75, 3.05) is 0 Å². The summed E-state index contributed by atoms with van der Waals surface area (Å²) in [5, 5.41) is 9.00. The van der Waals surface area contributed by atoms with Gasteiger partial charge >= 0.3 is 0 Å². The highest BCUT2D eigenvalue weighted by atomic mass is 16.1. The lowest BCUT2D eigenvalue weighted by Crippen LogP contribution is -2.06. The molecule has 0 unspecified atom stereocenters. The number of carbonyl (C=O) groups excluding carboxylic acids is 1. The molecule has 0 N–H and O–H groups in total. The molecule has 0 aromatic heterocycles. The van der Waals surface area contributed by atoms with Gasteiger partial charge in [0.25, 0.3) is 0 Å². The van der Waals surface area contributed by atoms with Crippen LogP contribution in [-0.2, 0) is 6.42 Å². The summed E-state index contributed by atoms with van der Waals surface area (Å²) in [5.74, 6) is -0.0476. The SMILES string of the molecule is N#Cc1cccc(C(=O)c2ccccc2Cc2ccccc2)c1. The molecule has 23 heavy (non-hydrogen) atoms. The zero-order valence-electron chi connectivity index (χ0n) is 12.6. The molecular formula is C21H15NO. The van der Waals surface area contributed by atoms with Crippen molar-refractivity contribution in [2.45, 2.75) is 6.42 Å². The first-order chi connectivity index (χ1) is 11.3. The van der Waals surface area contributed by atoms with Crippen LogP contribution in [0.3, 0.4) is 0 Å². The Morgan fingerprint density at radius 2 is 1.61 bits per heavy atom. The summed E-state index contributed by atoms with van der Waals surface area (Å²) >= 11 is 0. The maximum absolute atomic E-state index is 12.8. The van der Waals surface area contributed by atoms with Crippen molar-refractivity contribution in [1.29, 1.82) is 5.26 Å². The van der Waals surface area contributed by atoms with E-state index in [4.69, 9.17) is 5.26 Å². The standard InChI is InChI=1S/C21H15NO/c22-15-17-9-6-11-19(14-17)21(23)20-12-5-4-10-18(20)13-16-7-2-1-3-8-16/h1-12,14H,13H2. The van der Waals surface area contributed by atoms with E-state index in [1.807, 2.05) is 42.5 Å². The topological polar surface area (TPSA) is 40.9 Å². The maximum atomic E-state index is 12.8. The Kier molecular flexibility index (Phi) is 4.31. The number of benzene rings is 3. The van der Waals surface area contributed by atoms with Gasteiger partial charge in [-0.05, 0) is 29.7 Å². The molecule has 2 heteroatoms. The summed E-state index contributed by atoms with van der Waals surface area (Å²) in [4.78, 5) is 12.8. The van der Waals surface area contributed by atoms with Gasteiger partial charge < -0.3 is 0 Å². The van der Waals surface area contributed by atoms with Crippen molar-refractivity contribution < 1.29 is 4.79 Å². The zero-order valence-corrected chi connectivity index (χ0v) is 12.6. The first-order valence-electron chi connectivity index (χ1n) is 7.44. The van der Waals surface area contributed by atoms with Crippen LogP contribution < -0.4 is 0 Å². The number of rotatable bonds is 4. The van der Waals surface area contributed by atoms with Gasteiger partial charge in [0.05, 0.1) is 11.6 Å². The first kappa shape index (κ1) is 14.7. The number of ketones is 1. The highest BCUT2D eigenvalue weighted by molar-refractivity contribution is 6.10. The first-order valence-corrected chi connectivity index (χ1v) is 7.44. The molecule has 0 bridgehead atoms. The molecule has 0 aliphatic carbocycles. The lowest BCUT2D eigenvalue weighted by Gasteiger charge is -2.09. The second-order valence-corrected chi connectivity index (χ2v) is 5.34. The van der Waals surface area contributed by atoms with Gasteiger partial charge in [0.15, 0.2) is 5.78 Å². The Labute approximate surface area is 135 Å². The maximum Gasteiger partial charge on any atom is 0.193 e. The molecule has 0 aliphatic rings. The van der Waals surface area contributed by atoms with E-state index in [9.17, 15) is 4.79 Å². The second kappa shape index (κ2) is 6.72. The Hall–Kier alpha value is -3.18. The van der Waals surface area contributed by atoms with Crippen LogP contribution in [0.25, 0.3) is 0 Å². The second-order valence-electron chi connectivity index (χ2n) is 5.34. The van der Waals surface area contributed by atoms with Gasteiger partial charge in [-0.3, -0.25) is 4.79 Å². The van der Waals surface area contributed by atoms with Crippen LogP contribution in [0.1, 0.15) is 32.6 Å². The minimum Gasteiger partial charge on any atom is -0.289 e. The van der Waals surface area contributed by atoms with Crippen molar-refractivity contribution in [3.8, 4) is 6.07 Å². The van der Waals surface area contributed by atoms with E-state index in [0.29, 0.717) is 23.1 Å². The Morgan fingerprint density at radius 1 is 0.870 bits per heavy atom. The van der Waals surface area contributed by atoms with Crippen molar-refractivity contribution in [1.82, 2.24) is 0 Å². The van der Waals surface area contributed by atoms with Gasteiger partial charge in [-0.15, -0.1) is 0 Å². The Morgan fingerprint density at radius 3 is 2.39 bits per heavy atom. The monoisotopic (exact) mass is 297 g/mol. The van der Waals surface area contributed by atoms with Gasteiger partial charge in [-0.25, -0.2) is 0 Å². The third-order valence-electron chi connectivity index (χ3n) is 3.75. The van der Waals surface area contributed by atoms with Crippen molar-refractivity contribution in [3.05, 3.63) is 107 Å². The van der Waals surface area contributed by atoms with Crippen LogP contribution in [0.5, 0.6) is 0 Å². The normalized spacial score (nSPS) is 10.0. The highest BCUT2D eigenvalue weighted by Crippen LogP contribution is 2.18. The zero-order chi connectivity index (χ0) is 16.1. The lowest BCUT2D eigenvalue weighted by atomic mass is 9.94. The molecule has 0 spiro atoms. The highest BCUT2D eigenvalue weighted by Gasteiger charge is 2.14. The quantitative estimate of drug-likeness (QED) is 0.670. The van der Waals surface area contributed by atoms with Gasteiger partial charge in [0, 0.05) is 11.1 Å². The Bertz CT molecular complexity index is 876. The minimum absolute atomic E-state index is 0.0476. The molecule has 110 valence electrons. The number of carbonyl (C=O) groups is 1. The molecule has 2 nitrogen and oxygen atoms in total. The molecule has 0 heterocycles. The van der Waals surface area contributed by atoms with Crippen LogP contribution >= 0.6 is 0 Å². The van der Waals surface area contributed by atoms with Gasteiger partial charge in [0.1, 0.15) is 0 Å². The fraction of sp³-hybridized carbons (Fsp3) is 0.0476. The number of hydrogen-bond donors (Lipinski definition) is 0. The summed E-state index contributed by atoms with van der Waals surface area (Å²) in [6.45, 7) is 0. The van der Waals surface area contributed by atoms with Gasteiger partial charge in [0.2, 0.25) is 0 Å². The molecule has 0 aliphatic heterocycles. The smallest absolute Gasteiger partial charge is 0.193 e. The molecule has 0 atom stereocenters. The summed E-state index contributed by atoms with van der Waals surface area (Å²) in [6.07, 6.45) is 0.709. The Balaban J connectivity index is 1.96. The molecular weight excluding hydrogens is 282 g/mol. The molecule has 3 aromatic rings. The minimum atomic E-state index is -0.0476. The van der Waals surface area contributed by atoms with Gasteiger partial charge in [-0.2, -0.15) is 5.26 Å². The molecule has 0 radical (unpaired) electrons. The number of hydrogen-bond acceptors (Lipinski definition) is 2. The average Bonchev–Trinajstić information content (AvgIpc) is 2.62. The van der Waals surface area contributed by atoms with Gasteiger partial charge in [-0.1, -0.05) is 66.7 Å². The fourth-order valence-electron chi connectivity index (χ4n) is 2.60. The van der Waals surface area contributed by atoms with Crippen LogP contribution in [-0.4, -0.2) is 5.78 Å². The number of nitrogens with zero attached hydrogens (tertiary/aromatic N) is 1. The third-order valence-corrected chi connectivity index (χ3v) is 3.75. The molecule has 0 amide bonds. The number of nitriles is 1. The van der Waals surface area contributed by atoms with Crippen molar-refractivity contribution in [2.24, 2.45) is 0 Å². The fourth-order valence-corrected chi connectivity index (χ4v) is 2.60. The molecule has 3 rings (SSSR count). The van der Waals surface area contributed by atoms with E-state index in [0.717, 1.165) is 5.56 Å². The van der Waals surface area contributed by atoms with Crippen molar-refractivity contribution >= 4 is 5.78 Å². The van der Waals surface area contributed by atoms with E-state index in [1.165, 1.54) is 5.56 Å². The summed E-state index contributed by atoms with van der Waals surface area (Å²) in [6, 6.07) is 26.6. The summed E-state index contributed by atoms with van der Waals surface area (Å²) < 4.78 is 0.